The number of fused-ring (bicyclic) bond motifs is 5. The van der Waals surface area contributed by atoms with Gasteiger partial charge in [-0.05, 0) is 85.9 Å². The van der Waals surface area contributed by atoms with E-state index in [1.807, 2.05) is 0 Å². The molecule has 4 aliphatic carbocycles. The first kappa shape index (κ1) is 15.9. The molecule has 0 bridgehead atoms. The predicted molar refractivity (Wildman–Crippen MR) is 88.2 cm³/mol. The van der Waals surface area contributed by atoms with Crippen molar-refractivity contribution < 1.29 is 10.2 Å². The van der Waals surface area contributed by atoms with Gasteiger partial charge in [-0.2, -0.15) is 5.26 Å². The summed E-state index contributed by atoms with van der Waals surface area (Å²) >= 11 is 0. The molecule has 4 fully saturated rings. The third kappa shape index (κ3) is 2.07. The van der Waals surface area contributed by atoms with Crippen LogP contribution in [0, 0.1) is 51.8 Å². The smallest absolute Gasteiger partial charge is 0.0661 e. The molecule has 3 nitrogen and oxygen atoms in total. The molecule has 4 aliphatic rings. The number of hydrogen-bond acceptors (Lipinski definition) is 3. The molecule has 0 aromatic carbocycles. The number of nitriles is 1. The summed E-state index contributed by atoms with van der Waals surface area (Å²) in [5, 5.41) is 30.8. The van der Waals surface area contributed by atoms with Crippen LogP contribution >= 0.6 is 0 Å². The zero-order valence-corrected chi connectivity index (χ0v) is 14.5. The van der Waals surface area contributed by atoms with Gasteiger partial charge in [0.25, 0.3) is 0 Å². The maximum Gasteiger partial charge on any atom is 0.0661 e. The Morgan fingerprint density at radius 1 is 1.00 bits per heavy atom. The van der Waals surface area contributed by atoms with Gasteiger partial charge < -0.3 is 10.2 Å². The van der Waals surface area contributed by atoms with E-state index in [4.69, 9.17) is 0 Å². The highest BCUT2D eigenvalue weighted by molar-refractivity contribution is 5.14. The van der Waals surface area contributed by atoms with Crippen molar-refractivity contribution in [1.82, 2.24) is 0 Å². The molecule has 0 radical (unpaired) electrons. The maximum absolute atomic E-state index is 11.1. The topological polar surface area (TPSA) is 64.2 Å². The van der Waals surface area contributed by atoms with Crippen molar-refractivity contribution in [3.8, 4) is 6.07 Å². The van der Waals surface area contributed by atoms with E-state index in [-0.39, 0.29) is 29.0 Å². The van der Waals surface area contributed by atoms with Gasteiger partial charge in [0, 0.05) is 0 Å². The van der Waals surface area contributed by atoms with Crippen LogP contribution in [0.4, 0.5) is 0 Å². The van der Waals surface area contributed by atoms with Crippen molar-refractivity contribution in [3.63, 3.8) is 0 Å². The van der Waals surface area contributed by atoms with Gasteiger partial charge in [0.2, 0.25) is 0 Å². The summed E-state index contributed by atoms with van der Waals surface area (Å²) < 4.78 is 0. The molecule has 4 rings (SSSR count). The number of aliphatic hydroxyl groups excluding tert-OH is 2. The van der Waals surface area contributed by atoms with Crippen LogP contribution in [0.5, 0.6) is 0 Å². The lowest BCUT2D eigenvalue weighted by atomic mass is 9.44. The molecule has 9 unspecified atom stereocenters. The number of aliphatic hydroxyl groups is 2. The van der Waals surface area contributed by atoms with Crippen molar-refractivity contribution in [1.29, 1.82) is 5.26 Å². The fraction of sp³-hybridized carbons (Fsp3) is 0.950. The lowest BCUT2D eigenvalue weighted by molar-refractivity contribution is -0.175. The summed E-state index contributed by atoms with van der Waals surface area (Å²) in [6.45, 7) is 4.67. The molecule has 3 heteroatoms. The molecule has 2 N–H and O–H groups in total. The van der Waals surface area contributed by atoms with E-state index in [0.29, 0.717) is 23.7 Å². The van der Waals surface area contributed by atoms with Crippen molar-refractivity contribution in [2.24, 2.45) is 40.4 Å². The molecule has 0 amide bonds. The lowest BCUT2D eigenvalue weighted by Gasteiger charge is -2.62. The molecule has 0 aromatic heterocycles. The van der Waals surface area contributed by atoms with Gasteiger partial charge in [-0.3, -0.25) is 0 Å². The van der Waals surface area contributed by atoms with Gasteiger partial charge in [0.1, 0.15) is 0 Å². The van der Waals surface area contributed by atoms with E-state index in [1.165, 1.54) is 19.3 Å². The molecule has 0 spiro atoms. The molecule has 0 saturated heterocycles. The summed E-state index contributed by atoms with van der Waals surface area (Å²) in [5.41, 5.74) is 0.209. The minimum absolute atomic E-state index is 0.0205. The van der Waals surface area contributed by atoms with Crippen LogP contribution in [0.3, 0.4) is 0 Å². The van der Waals surface area contributed by atoms with Crippen LogP contribution in [0.2, 0.25) is 0 Å². The highest BCUT2D eigenvalue weighted by Gasteiger charge is 2.63. The molecule has 0 aromatic rings. The Morgan fingerprint density at radius 3 is 2.52 bits per heavy atom. The second-order valence-electron chi connectivity index (χ2n) is 9.54. The van der Waals surface area contributed by atoms with Crippen LogP contribution in [0.15, 0.2) is 0 Å². The first-order valence-corrected chi connectivity index (χ1v) is 9.66. The van der Waals surface area contributed by atoms with Crippen molar-refractivity contribution >= 4 is 0 Å². The Kier molecular flexibility index (Phi) is 3.60. The van der Waals surface area contributed by atoms with E-state index in [2.05, 4.69) is 19.9 Å². The minimum Gasteiger partial charge on any atom is -0.393 e. The summed E-state index contributed by atoms with van der Waals surface area (Å²) in [6.07, 6.45) is 7.87. The van der Waals surface area contributed by atoms with Gasteiger partial charge in [0.15, 0.2) is 0 Å². The zero-order chi connectivity index (χ0) is 16.4. The summed E-state index contributed by atoms with van der Waals surface area (Å²) in [6, 6.07) is 2.55. The monoisotopic (exact) mass is 317 g/mol. The number of hydrogen-bond donors (Lipinski definition) is 2. The molecule has 0 heterocycles. The molecular weight excluding hydrogens is 286 g/mol. The largest absolute Gasteiger partial charge is 0.393 e. The normalized spacial score (nSPS) is 58.7. The van der Waals surface area contributed by atoms with Gasteiger partial charge in [-0.1, -0.05) is 13.8 Å². The Morgan fingerprint density at radius 2 is 1.78 bits per heavy atom. The molecule has 0 aliphatic heterocycles. The van der Waals surface area contributed by atoms with Crippen LogP contribution in [0.1, 0.15) is 65.2 Å². The lowest BCUT2D eigenvalue weighted by Crippen LogP contribution is -2.59. The standard InChI is InChI=1S/C20H31NO2/c1-19-8-7-14(22)9-12(19)3-5-15-16-6-4-13(11-21)20(16,2)10-17(23)18(15)19/h12-18,22-23H,3-10H2,1-2H3. The van der Waals surface area contributed by atoms with E-state index < -0.39 is 0 Å². The molecule has 23 heavy (non-hydrogen) atoms. The van der Waals surface area contributed by atoms with E-state index >= 15 is 0 Å². The van der Waals surface area contributed by atoms with Gasteiger partial charge >= 0.3 is 0 Å². The van der Waals surface area contributed by atoms with Crippen molar-refractivity contribution in [3.05, 3.63) is 0 Å². The third-order valence-electron chi connectivity index (χ3n) is 8.72. The summed E-state index contributed by atoms with van der Waals surface area (Å²) in [5.74, 6) is 2.27. The minimum atomic E-state index is -0.266. The molecule has 4 saturated carbocycles. The average Bonchev–Trinajstić information content (AvgIpc) is 2.83. The summed E-state index contributed by atoms with van der Waals surface area (Å²) in [4.78, 5) is 0. The maximum atomic E-state index is 11.1. The Labute approximate surface area is 140 Å². The number of nitrogens with zero attached hydrogens (tertiary/aromatic N) is 1. The van der Waals surface area contributed by atoms with E-state index in [9.17, 15) is 15.5 Å². The van der Waals surface area contributed by atoms with Gasteiger partial charge in [0.05, 0.1) is 24.2 Å². The highest BCUT2D eigenvalue weighted by Crippen LogP contribution is 2.67. The molecule has 128 valence electrons. The fourth-order valence-electron chi connectivity index (χ4n) is 7.57. The van der Waals surface area contributed by atoms with Gasteiger partial charge in [-0.15, -0.1) is 0 Å². The van der Waals surface area contributed by atoms with E-state index in [1.54, 1.807) is 0 Å². The number of rotatable bonds is 0. The summed E-state index contributed by atoms with van der Waals surface area (Å²) in [7, 11) is 0. The van der Waals surface area contributed by atoms with Crippen molar-refractivity contribution in [2.75, 3.05) is 0 Å². The quantitative estimate of drug-likeness (QED) is 0.718. The first-order valence-electron chi connectivity index (χ1n) is 9.66. The Hall–Kier alpha value is -0.590. The molecule has 9 atom stereocenters. The second-order valence-corrected chi connectivity index (χ2v) is 9.54. The van der Waals surface area contributed by atoms with Crippen LogP contribution < -0.4 is 0 Å². The average molecular weight is 317 g/mol. The highest BCUT2D eigenvalue weighted by atomic mass is 16.3. The first-order chi connectivity index (χ1) is 10.9. The second kappa shape index (κ2) is 5.20. The third-order valence-corrected chi connectivity index (χ3v) is 8.72. The Bertz CT molecular complexity index is 528. The SMILES string of the molecule is CC12CC(O)C3C(CCC4CC(O)CCC43C)C1CCC2C#N. The molecular formula is C20H31NO2. The van der Waals surface area contributed by atoms with E-state index in [0.717, 1.165) is 32.1 Å². The predicted octanol–water partition coefficient (Wildman–Crippen LogP) is 3.50. The fourth-order valence-corrected chi connectivity index (χ4v) is 7.57. The zero-order valence-electron chi connectivity index (χ0n) is 14.5. The van der Waals surface area contributed by atoms with Crippen LogP contribution in [-0.2, 0) is 0 Å². The van der Waals surface area contributed by atoms with Crippen molar-refractivity contribution in [2.45, 2.75) is 77.4 Å². The Balaban J connectivity index is 1.68. The van der Waals surface area contributed by atoms with Crippen LogP contribution in [0.25, 0.3) is 0 Å². The van der Waals surface area contributed by atoms with Crippen LogP contribution in [-0.4, -0.2) is 22.4 Å². The van der Waals surface area contributed by atoms with Gasteiger partial charge in [-0.25, -0.2) is 0 Å².